The summed E-state index contributed by atoms with van der Waals surface area (Å²) in [7, 11) is 0. The van der Waals surface area contributed by atoms with E-state index in [0.29, 0.717) is 0 Å². The number of nitrogen functional groups attached to an aromatic ring is 1. The van der Waals surface area contributed by atoms with Gasteiger partial charge < -0.3 is 5.43 Å². The number of fused-ring (bicyclic) bond motifs is 1. The Bertz CT molecular complexity index is 376. The van der Waals surface area contributed by atoms with Gasteiger partial charge in [0.1, 0.15) is 0 Å². The van der Waals surface area contributed by atoms with Gasteiger partial charge in [-0.05, 0) is 24.6 Å². The van der Waals surface area contributed by atoms with Gasteiger partial charge in [-0.1, -0.05) is 27.7 Å². The molecule has 0 bridgehead atoms. The summed E-state index contributed by atoms with van der Waals surface area (Å²) in [6, 6.07) is 2.16. The van der Waals surface area contributed by atoms with Gasteiger partial charge in [0, 0.05) is 25.2 Å². The zero-order valence-electron chi connectivity index (χ0n) is 12.1. The van der Waals surface area contributed by atoms with Crippen LogP contribution >= 0.6 is 0 Å². The van der Waals surface area contributed by atoms with Crippen LogP contribution in [-0.4, -0.2) is 23.0 Å². The molecule has 0 saturated carbocycles. The van der Waals surface area contributed by atoms with Crippen molar-refractivity contribution in [2.75, 3.05) is 18.5 Å². The van der Waals surface area contributed by atoms with E-state index in [2.05, 4.69) is 30.2 Å². The van der Waals surface area contributed by atoms with Gasteiger partial charge in [0.15, 0.2) is 0 Å². The van der Waals surface area contributed by atoms with Crippen molar-refractivity contribution in [2.24, 2.45) is 5.84 Å². The van der Waals surface area contributed by atoms with E-state index in [9.17, 15) is 0 Å². The van der Waals surface area contributed by atoms with Crippen LogP contribution < -0.4 is 11.3 Å². The van der Waals surface area contributed by atoms with Gasteiger partial charge in [-0.3, -0.25) is 15.7 Å². The van der Waals surface area contributed by atoms with Crippen LogP contribution in [0.5, 0.6) is 0 Å². The largest absolute Gasteiger partial charge is 0.322 e. The van der Waals surface area contributed by atoms with Crippen molar-refractivity contribution >= 4 is 5.69 Å². The molecule has 0 unspecified atom stereocenters. The van der Waals surface area contributed by atoms with Gasteiger partial charge in [0.05, 0.1) is 11.4 Å². The topological polar surface area (TPSA) is 54.2 Å². The van der Waals surface area contributed by atoms with Crippen LogP contribution in [0.4, 0.5) is 5.69 Å². The first-order chi connectivity index (χ1) is 8.78. The molecule has 1 aliphatic heterocycles. The third kappa shape index (κ3) is 3.21. The van der Waals surface area contributed by atoms with Crippen LogP contribution in [0.1, 0.15) is 44.6 Å². The number of likely N-dealkylation sites (N-methyl/N-ethyl adjacent to an activating group) is 1. The van der Waals surface area contributed by atoms with Crippen molar-refractivity contribution in [1.29, 1.82) is 0 Å². The number of anilines is 1. The molecule has 1 aliphatic rings. The molecular weight excluding hydrogens is 224 g/mol. The maximum atomic E-state index is 5.52. The maximum Gasteiger partial charge on any atom is 0.0704 e. The van der Waals surface area contributed by atoms with E-state index in [1.54, 1.807) is 0 Å². The Kier molecular flexibility index (Phi) is 6.09. The summed E-state index contributed by atoms with van der Waals surface area (Å²) in [5, 5.41) is 0. The predicted octanol–water partition coefficient (Wildman–Crippen LogP) is 2.33. The molecule has 0 spiro atoms. The highest BCUT2D eigenvalue weighted by Gasteiger charge is 2.17. The minimum absolute atomic E-state index is 0.921. The average Bonchev–Trinajstić information content (AvgIpc) is 2.47. The molecular formula is C14H26N4. The van der Waals surface area contributed by atoms with Gasteiger partial charge >= 0.3 is 0 Å². The Hall–Kier alpha value is -1.13. The van der Waals surface area contributed by atoms with Gasteiger partial charge in [-0.25, -0.2) is 0 Å². The molecule has 1 aromatic rings. The predicted molar refractivity (Wildman–Crippen MR) is 77.4 cm³/mol. The van der Waals surface area contributed by atoms with Crippen molar-refractivity contribution < 1.29 is 0 Å². The number of nitrogens with zero attached hydrogens (tertiary/aromatic N) is 2. The lowest BCUT2D eigenvalue weighted by Gasteiger charge is -2.27. The lowest BCUT2D eigenvalue weighted by Crippen LogP contribution is -2.31. The molecule has 0 atom stereocenters. The Balaban J connectivity index is 0.000000771. The van der Waals surface area contributed by atoms with Crippen LogP contribution in [0.2, 0.25) is 0 Å². The fraction of sp³-hybridized carbons (Fsp3) is 0.643. The smallest absolute Gasteiger partial charge is 0.0704 e. The highest BCUT2D eigenvalue weighted by molar-refractivity contribution is 5.50. The summed E-state index contributed by atoms with van der Waals surface area (Å²) < 4.78 is 0. The third-order valence-corrected chi connectivity index (χ3v) is 3.27. The Morgan fingerprint density at radius 2 is 2.11 bits per heavy atom. The van der Waals surface area contributed by atoms with Crippen molar-refractivity contribution in [1.82, 2.24) is 9.88 Å². The number of aryl methyl sites for hydroxylation is 1. The van der Waals surface area contributed by atoms with Crippen molar-refractivity contribution in [3.63, 3.8) is 0 Å². The molecule has 0 saturated heterocycles. The second kappa shape index (κ2) is 7.34. The summed E-state index contributed by atoms with van der Waals surface area (Å²) in [5.41, 5.74) is 7.36. The minimum Gasteiger partial charge on any atom is -0.322 e. The van der Waals surface area contributed by atoms with Crippen molar-refractivity contribution in [3.05, 3.63) is 23.0 Å². The second-order valence-electron chi connectivity index (χ2n) is 4.21. The molecule has 0 fully saturated rings. The monoisotopic (exact) mass is 250 g/mol. The van der Waals surface area contributed by atoms with E-state index in [1.165, 1.54) is 11.3 Å². The van der Waals surface area contributed by atoms with Crippen LogP contribution in [0.15, 0.2) is 6.07 Å². The quantitative estimate of drug-likeness (QED) is 0.638. The summed E-state index contributed by atoms with van der Waals surface area (Å²) in [5.74, 6) is 5.52. The Morgan fingerprint density at radius 3 is 2.67 bits per heavy atom. The first-order valence-corrected chi connectivity index (χ1v) is 6.99. The number of nitrogens with one attached hydrogen (secondary N) is 1. The van der Waals surface area contributed by atoms with E-state index in [0.717, 1.165) is 43.9 Å². The van der Waals surface area contributed by atoms with E-state index >= 15 is 0 Å². The number of hydrogen-bond donors (Lipinski definition) is 2. The van der Waals surface area contributed by atoms with Crippen LogP contribution in [0.3, 0.4) is 0 Å². The molecule has 3 N–H and O–H groups in total. The van der Waals surface area contributed by atoms with Crippen LogP contribution in [-0.2, 0) is 19.4 Å². The SMILES string of the molecule is CC.CCc1nc2c(cc1NN)CN(CC)CC2. The van der Waals surface area contributed by atoms with Crippen molar-refractivity contribution in [3.8, 4) is 0 Å². The number of hydrogen-bond acceptors (Lipinski definition) is 4. The minimum atomic E-state index is 0.921. The normalized spacial score (nSPS) is 14.5. The summed E-state index contributed by atoms with van der Waals surface area (Å²) in [6.07, 6.45) is 1.98. The summed E-state index contributed by atoms with van der Waals surface area (Å²) >= 11 is 0. The standard InChI is InChI=1S/C12H20N4.C2H6/c1-3-10-12(15-13)7-9-8-16(4-2)6-5-11(9)14-10;1-2/h7,15H,3-6,8,13H2,1-2H3;1-2H3. The van der Waals surface area contributed by atoms with Gasteiger partial charge in [0.25, 0.3) is 0 Å². The van der Waals surface area contributed by atoms with Crippen LogP contribution in [0, 0.1) is 0 Å². The molecule has 18 heavy (non-hydrogen) atoms. The van der Waals surface area contributed by atoms with E-state index < -0.39 is 0 Å². The Labute approximate surface area is 111 Å². The molecule has 2 heterocycles. The molecule has 0 aliphatic carbocycles. The van der Waals surface area contributed by atoms with Gasteiger partial charge in [0.2, 0.25) is 0 Å². The fourth-order valence-corrected chi connectivity index (χ4v) is 2.24. The van der Waals surface area contributed by atoms with E-state index in [-0.39, 0.29) is 0 Å². The molecule has 0 radical (unpaired) electrons. The maximum absolute atomic E-state index is 5.52. The molecule has 2 rings (SSSR count). The molecule has 4 heteroatoms. The van der Waals surface area contributed by atoms with Crippen LogP contribution in [0.25, 0.3) is 0 Å². The number of rotatable bonds is 3. The molecule has 0 aromatic carbocycles. The molecule has 0 amide bonds. The zero-order valence-corrected chi connectivity index (χ0v) is 12.1. The lowest BCUT2D eigenvalue weighted by molar-refractivity contribution is 0.265. The number of aromatic nitrogens is 1. The Morgan fingerprint density at radius 1 is 1.39 bits per heavy atom. The van der Waals surface area contributed by atoms with E-state index in [1.807, 2.05) is 13.8 Å². The first kappa shape index (κ1) is 14.9. The fourth-order valence-electron chi connectivity index (χ4n) is 2.24. The zero-order chi connectivity index (χ0) is 13.5. The molecule has 4 nitrogen and oxygen atoms in total. The number of nitrogens with two attached hydrogens (primary N) is 1. The number of hydrazine groups is 1. The first-order valence-electron chi connectivity index (χ1n) is 6.99. The number of pyridine rings is 1. The molecule has 102 valence electrons. The highest BCUT2D eigenvalue weighted by atomic mass is 15.2. The molecule has 1 aromatic heterocycles. The van der Waals surface area contributed by atoms with E-state index in [4.69, 9.17) is 10.8 Å². The highest BCUT2D eigenvalue weighted by Crippen LogP contribution is 2.23. The van der Waals surface area contributed by atoms with Gasteiger partial charge in [-0.15, -0.1) is 0 Å². The summed E-state index contributed by atoms with van der Waals surface area (Å²) in [6.45, 7) is 11.5. The third-order valence-electron chi connectivity index (χ3n) is 3.27. The average molecular weight is 250 g/mol. The van der Waals surface area contributed by atoms with Gasteiger partial charge in [-0.2, -0.15) is 0 Å². The second-order valence-corrected chi connectivity index (χ2v) is 4.21. The lowest BCUT2D eigenvalue weighted by atomic mass is 10.0. The summed E-state index contributed by atoms with van der Waals surface area (Å²) in [4.78, 5) is 7.13. The van der Waals surface area contributed by atoms with Crippen molar-refractivity contribution in [2.45, 2.75) is 47.1 Å².